The Bertz CT molecular complexity index is 1130. The number of unbranched alkanes of at least 4 members (excludes halogenated alkanes) is 3. The van der Waals surface area contributed by atoms with Crippen molar-refractivity contribution in [2.24, 2.45) is 0 Å². The number of H-pyrrole nitrogens is 1. The lowest BCUT2D eigenvalue weighted by Gasteiger charge is -2.07. The SMILES string of the molecule is Cl.O=c1[nH]c2c(O)ccc(CCNCCCCCCS(=O)(=O)CCc3ccccc3)c2s1. The quantitative estimate of drug-likeness (QED) is 0.308. The van der Waals surface area contributed by atoms with Gasteiger partial charge in [-0.05, 0) is 56.0 Å². The number of nitrogens with one attached hydrogen (secondary N) is 2. The number of hydrogen-bond acceptors (Lipinski definition) is 6. The number of thiazole rings is 1. The van der Waals surface area contributed by atoms with Crippen LogP contribution in [0.1, 0.15) is 36.8 Å². The Morgan fingerprint density at radius 2 is 1.66 bits per heavy atom. The van der Waals surface area contributed by atoms with Crippen LogP contribution in [0.15, 0.2) is 47.3 Å². The summed E-state index contributed by atoms with van der Waals surface area (Å²) in [6.07, 6.45) is 5.01. The molecule has 9 heteroatoms. The predicted octanol–water partition coefficient (Wildman–Crippen LogP) is 4.07. The summed E-state index contributed by atoms with van der Waals surface area (Å²) in [7, 11) is -2.99. The van der Waals surface area contributed by atoms with Crippen LogP contribution in [0.5, 0.6) is 5.75 Å². The van der Waals surface area contributed by atoms with Gasteiger partial charge in [-0.15, -0.1) is 12.4 Å². The zero-order chi connectivity index (χ0) is 22.1. The van der Waals surface area contributed by atoms with E-state index in [-0.39, 0.29) is 34.5 Å². The minimum atomic E-state index is -2.99. The summed E-state index contributed by atoms with van der Waals surface area (Å²) in [5.41, 5.74) is 2.63. The van der Waals surface area contributed by atoms with Crippen LogP contribution in [-0.4, -0.2) is 43.1 Å². The minimum absolute atomic E-state index is 0. The van der Waals surface area contributed by atoms with Gasteiger partial charge in [0, 0.05) is 0 Å². The molecular formula is C23H31ClN2O4S2. The van der Waals surface area contributed by atoms with E-state index in [1.54, 1.807) is 6.07 Å². The fraction of sp³-hybridized carbons (Fsp3) is 0.435. The van der Waals surface area contributed by atoms with Gasteiger partial charge in [0.2, 0.25) is 0 Å². The molecule has 3 aromatic rings. The number of benzene rings is 2. The molecule has 0 amide bonds. The number of aromatic hydroxyl groups is 1. The van der Waals surface area contributed by atoms with Gasteiger partial charge >= 0.3 is 4.87 Å². The van der Waals surface area contributed by atoms with Crippen molar-refractivity contribution >= 4 is 43.8 Å². The first-order valence-corrected chi connectivity index (χ1v) is 13.4. The van der Waals surface area contributed by atoms with E-state index in [0.717, 1.165) is 72.4 Å². The van der Waals surface area contributed by atoms with Gasteiger partial charge in [-0.1, -0.05) is 60.6 Å². The van der Waals surface area contributed by atoms with Gasteiger partial charge in [0.05, 0.1) is 16.2 Å². The van der Waals surface area contributed by atoms with E-state index in [4.69, 9.17) is 0 Å². The molecule has 0 atom stereocenters. The largest absolute Gasteiger partial charge is 0.506 e. The van der Waals surface area contributed by atoms with Gasteiger partial charge in [0.25, 0.3) is 0 Å². The number of halogens is 1. The summed E-state index contributed by atoms with van der Waals surface area (Å²) in [6, 6.07) is 13.2. The van der Waals surface area contributed by atoms with Crippen LogP contribution in [-0.2, 0) is 22.7 Å². The van der Waals surface area contributed by atoms with Crippen LogP contribution in [0.2, 0.25) is 0 Å². The fourth-order valence-corrected chi connectivity index (χ4v) is 5.86. The molecule has 0 aliphatic heterocycles. The first kappa shape index (κ1) is 26.4. The average molecular weight is 499 g/mol. The van der Waals surface area contributed by atoms with E-state index < -0.39 is 9.84 Å². The number of fused-ring (bicyclic) bond motifs is 1. The van der Waals surface area contributed by atoms with Crippen molar-refractivity contribution in [2.45, 2.75) is 38.5 Å². The molecule has 0 aliphatic carbocycles. The first-order chi connectivity index (χ1) is 14.9. The van der Waals surface area contributed by atoms with Crippen LogP contribution in [0.3, 0.4) is 0 Å². The van der Waals surface area contributed by atoms with Crippen molar-refractivity contribution in [2.75, 3.05) is 24.6 Å². The van der Waals surface area contributed by atoms with E-state index in [2.05, 4.69) is 10.3 Å². The molecule has 3 rings (SSSR count). The highest BCUT2D eigenvalue weighted by molar-refractivity contribution is 7.91. The Labute approximate surface area is 199 Å². The number of hydrogen-bond donors (Lipinski definition) is 3. The molecule has 0 aliphatic rings. The van der Waals surface area contributed by atoms with Crippen molar-refractivity contribution in [1.29, 1.82) is 0 Å². The highest BCUT2D eigenvalue weighted by Crippen LogP contribution is 2.27. The second-order valence-electron chi connectivity index (χ2n) is 7.76. The highest BCUT2D eigenvalue weighted by atomic mass is 35.5. The second-order valence-corrected chi connectivity index (χ2v) is 11.1. The Hall–Kier alpha value is -1.87. The summed E-state index contributed by atoms with van der Waals surface area (Å²) in [5, 5.41) is 13.2. The number of aryl methyl sites for hydroxylation is 1. The van der Waals surface area contributed by atoms with Crippen molar-refractivity contribution in [3.05, 3.63) is 63.3 Å². The van der Waals surface area contributed by atoms with Gasteiger partial charge in [0.15, 0.2) is 9.84 Å². The van der Waals surface area contributed by atoms with Crippen LogP contribution >= 0.6 is 23.7 Å². The van der Waals surface area contributed by atoms with Gasteiger partial charge in [-0.25, -0.2) is 8.42 Å². The zero-order valence-electron chi connectivity index (χ0n) is 18.0. The van der Waals surface area contributed by atoms with E-state index in [1.807, 2.05) is 36.4 Å². The highest BCUT2D eigenvalue weighted by Gasteiger charge is 2.11. The standard InChI is InChI=1S/C23H30N2O4S2.ClH/c26-20-11-10-19(22-21(20)25-23(27)30-22)12-15-24-14-6-1-2-7-16-31(28,29)17-13-18-8-4-3-5-9-18;/h3-5,8-11,24,26H,1-2,6-7,12-17H2,(H,25,27);1H. The second kappa shape index (κ2) is 13.0. The maximum atomic E-state index is 12.2. The van der Waals surface area contributed by atoms with Crippen molar-refractivity contribution in [3.63, 3.8) is 0 Å². The smallest absolute Gasteiger partial charge is 0.305 e. The van der Waals surface area contributed by atoms with Crippen LogP contribution in [0.25, 0.3) is 10.2 Å². The lowest BCUT2D eigenvalue weighted by molar-refractivity contribution is 0.480. The normalized spacial score (nSPS) is 11.5. The van der Waals surface area contributed by atoms with Crippen LogP contribution in [0.4, 0.5) is 0 Å². The molecule has 2 aromatic carbocycles. The number of phenolic OH excluding ortho intramolecular Hbond substituents is 1. The molecule has 0 unspecified atom stereocenters. The first-order valence-electron chi connectivity index (χ1n) is 10.7. The molecule has 0 bridgehead atoms. The molecule has 32 heavy (non-hydrogen) atoms. The van der Waals surface area contributed by atoms with Crippen LogP contribution < -0.4 is 10.2 Å². The van der Waals surface area contributed by atoms with Gasteiger partial charge < -0.3 is 15.4 Å². The maximum Gasteiger partial charge on any atom is 0.305 e. The molecule has 6 nitrogen and oxygen atoms in total. The minimum Gasteiger partial charge on any atom is -0.506 e. The summed E-state index contributed by atoms with van der Waals surface area (Å²) >= 11 is 1.13. The average Bonchev–Trinajstić information content (AvgIpc) is 3.16. The summed E-state index contributed by atoms with van der Waals surface area (Å²) < 4.78 is 25.2. The molecule has 0 saturated carbocycles. The lowest BCUT2D eigenvalue weighted by Crippen LogP contribution is -2.18. The van der Waals surface area contributed by atoms with Gasteiger partial charge in [0.1, 0.15) is 11.3 Å². The van der Waals surface area contributed by atoms with E-state index in [1.165, 1.54) is 0 Å². The number of aromatic amines is 1. The maximum absolute atomic E-state index is 12.2. The van der Waals surface area contributed by atoms with Crippen molar-refractivity contribution < 1.29 is 13.5 Å². The van der Waals surface area contributed by atoms with E-state index >= 15 is 0 Å². The molecule has 0 saturated heterocycles. The number of rotatable bonds is 13. The Morgan fingerprint density at radius 1 is 0.906 bits per heavy atom. The molecular weight excluding hydrogens is 468 g/mol. The van der Waals surface area contributed by atoms with Crippen molar-refractivity contribution in [3.8, 4) is 5.75 Å². The fourth-order valence-electron chi connectivity index (χ4n) is 3.56. The molecule has 0 fully saturated rings. The van der Waals surface area contributed by atoms with Crippen molar-refractivity contribution in [1.82, 2.24) is 10.3 Å². The monoisotopic (exact) mass is 498 g/mol. The number of aromatic nitrogens is 1. The van der Waals surface area contributed by atoms with E-state index in [0.29, 0.717) is 11.9 Å². The lowest BCUT2D eigenvalue weighted by atomic mass is 10.1. The number of phenols is 1. The third-order valence-electron chi connectivity index (χ3n) is 5.31. The zero-order valence-corrected chi connectivity index (χ0v) is 20.5. The van der Waals surface area contributed by atoms with Crippen LogP contribution in [0, 0.1) is 0 Å². The Morgan fingerprint density at radius 3 is 2.44 bits per heavy atom. The molecule has 0 radical (unpaired) electrons. The molecule has 3 N–H and O–H groups in total. The topological polar surface area (TPSA) is 99.3 Å². The Kier molecular flexibility index (Phi) is 10.7. The summed E-state index contributed by atoms with van der Waals surface area (Å²) in [5.74, 6) is 0.593. The van der Waals surface area contributed by atoms with E-state index in [9.17, 15) is 18.3 Å². The third-order valence-corrected chi connectivity index (χ3v) is 8.01. The molecule has 176 valence electrons. The van der Waals surface area contributed by atoms with Gasteiger partial charge in [-0.3, -0.25) is 4.79 Å². The molecule has 1 aromatic heterocycles. The number of sulfone groups is 1. The predicted molar refractivity (Wildman–Crippen MR) is 135 cm³/mol. The third kappa shape index (κ3) is 8.24. The summed E-state index contributed by atoms with van der Waals surface area (Å²) in [4.78, 5) is 14.1. The molecule has 0 spiro atoms. The van der Waals surface area contributed by atoms with Gasteiger partial charge in [-0.2, -0.15) is 0 Å². The summed E-state index contributed by atoms with van der Waals surface area (Å²) in [6.45, 7) is 1.67. The molecule has 1 heterocycles. The Balaban J connectivity index is 0.00000363.